The number of halogens is 1. The maximum absolute atomic E-state index is 13.2. The molecule has 1 fully saturated rings. The number of anilines is 1. The van der Waals surface area contributed by atoms with Crippen molar-refractivity contribution in [3.8, 4) is 5.69 Å². The van der Waals surface area contributed by atoms with Crippen LogP contribution in [0.1, 0.15) is 21.6 Å². The van der Waals surface area contributed by atoms with Crippen LogP contribution >= 0.6 is 11.8 Å². The molecule has 1 saturated heterocycles. The summed E-state index contributed by atoms with van der Waals surface area (Å²) in [5, 5.41) is 7.02. The molecule has 4 rings (SSSR count). The van der Waals surface area contributed by atoms with Gasteiger partial charge in [-0.05, 0) is 54.4 Å². The van der Waals surface area contributed by atoms with Crippen LogP contribution in [0.3, 0.4) is 0 Å². The monoisotopic (exact) mass is 438 g/mol. The average Bonchev–Trinajstić information content (AvgIpc) is 2.77. The van der Waals surface area contributed by atoms with Gasteiger partial charge in [0.1, 0.15) is 11.5 Å². The van der Waals surface area contributed by atoms with Crippen molar-refractivity contribution in [2.75, 3.05) is 29.9 Å². The van der Waals surface area contributed by atoms with Crippen molar-refractivity contribution in [2.45, 2.75) is 13.5 Å². The van der Waals surface area contributed by atoms with E-state index in [0.29, 0.717) is 11.4 Å². The van der Waals surface area contributed by atoms with Crippen LogP contribution in [0.5, 0.6) is 0 Å². The van der Waals surface area contributed by atoms with E-state index in [0.717, 1.165) is 29.9 Å². The number of rotatable bonds is 5. The van der Waals surface area contributed by atoms with Crippen LogP contribution in [-0.2, 0) is 6.54 Å². The highest BCUT2D eigenvalue weighted by Crippen LogP contribution is 2.20. The van der Waals surface area contributed by atoms with Crippen LogP contribution in [-0.4, -0.2) is 45.2 Å². The van der Waals surface area contributed by atoms with Crippen LogP contribution in [0, 0.1) is 12.7 Å². The Morgan fingerprint density at radius 3 is 2.55 bits per heavy atom. The van der Waals surface area contributed by atoms with Gasteiger partial charge >= 0.3 is 0 Å². The van der Waals surface area contributed by atoms with Crippen molar-refractivity contribution in [1.82, 2.24) is 14.7 Å². The van der Waals surface area contributed by atoms with E-state index in [1.807, 2.05) is 30.8 Å². The third kappa shape index (κ3) is 5.21. The number of carbonyl (C=O) groups is 1. The van der Waals surface area contributed by atoms with Crippen molar-refractivity contribution in [3.63, 3.8) is 0 Å². The number of amides is 1. The second kappa shape index (κ2) is 9.45. The molecule has 0 unspecified atom stereocenters. The van der Waals surface area contributed by atoms with Crippen LogP contribution in [0.4, 0.5) is 10.1 Å². The zero-order chi connectivity index (χ0) is 21.8. The van der Waals surface area contributed by atoms with E-state index in [-0.39, 0.29) is 5.69 Å². The fourth-order valence-corrected chi connectivity index (χ4v) is 4.45. The van der Waals surface area contributed by atoms with Gasteiger partial charge in [-0.1, -0.05) is 12.1 Å². The molecule has 0 radical (unpaired) electrons. The Labute approximate surface area is 184 Å². The molecule has 1 N–H and O–H groups in total. The molecule has 6 nitrogen and oxygen atoms in total. The van der Waals surface area contributed by atoms with Crippen molar-refractivity contribution >= 4 is 23.4 Å². The minimum absolute atomic E-state index is 0.0956. The highest BCUT2D eigenvalue weighted by molar-refractivity contribution is 7.99. The fourth-order valence-electron chi connectivity index (χ4n) is 3.47. The standard InChI is InChI=1S/C23H23FN4O2S/c1-16-14-17(15-27-10-12-31-13-11-27)2-7-20(16)25-23(30)21-8-9-22(29)28(26-21)19-5-3-18(24)4-6-19/h2-9,14H,10-13,15H2,1H3,(H,25,30). The summed E-state index contributed by atoms with van der Waals surface area (Å²) in [5.74, 6) is 1.50. The average molecular weight is 439 g/mol. The molecule has 0 saturated carbocycles. The summed E-state index contributed by atoms with van der Waals surface area (Å²) in [4.78, 5) is 27.4. The molecule has 0 bridgehead atoms. The maximum Gasteiger partial charge on any atom is 0.276 e. The fraction of sp³-hybridized carbons (Fsp3) is 0.261. The zero-order valence-electron chi connectivity index (χ0n) is 17.2. The van der Waals surface area contributed by atoms with Gasteiger partial charge in [0.05, 0.1) is 5.69 Å². The first kappa shape index (κ1) is 21.3. The summed E-state index contributed by atoms with van der Waals surface area (Å²) in [7, 11) is 0. The van der Waals surface area contributed by atoms with Crippen LogP contribution in [0.2, 0.25) is 0 Å². The predicted molar refractivity (Wildman–Crippen MR) is 122 cm³/mol. The largest absolute Gasteiger partial charge is 0.320 e. The number of nitrogens with zero attached hydrogens (tertiary/aromatic N) is 3. The minimum atomic E-state index is -0.417. The van der Waals surface area contributed by atoms with Crippen LogP contribution in [0.25, 0.3) is 5.69 Å². The second-order valence-corrected chi connectivity index (χ2v) is 8.66. The Bertz CT molecular complexity index is 1140. The van der Waals surface area contributed by atoms with E-state index in [1.165, 1.54) is 53.5 Å². The molecule has 0 aliphatic carbocycles. The van der Waals surface area contributed by atoms with E-state index in [1.54, 1.807) is 0 Å². The SMILES string of the molecule is Cc1cc(CN2CCSCC2)ccc1NC(=O)c1ccc(=O)n(-c2ccc(F)cc2)n1. The lowest BCUT2D eigenvalue weighted by atomic mass is 10.1. The van der Waals surface area contributed by atoms with E-state index in [4.69, 9.17) is 0 Å². The van der Waals surface area contributed by atoms with E-state index >= 15 is 0 Å². The van der Waals surface area contributed by atoms with Gasteiger partial charge in [0.25, 0.3) is 11.5 Å². The molecule has 2 aromatic carbocycles. The Morgan fingerprint density at radius 1 is 1.10 bits per heavy atom. The molecule has 2 heterocycles. The molecule has 31 heavy (non-hydrogen) atoms. The van der Waals surface area contributed by atoms with E-state index in [2.05, 4.69) is 21.4 Å². The highest BCUT2D eigenvalue weighted by Gasteiger charge is 2.14. The number of carbonyl (C=O) groups excluding carboxylic acids is 1. The Balaban J connectivity index is 1.49. The summed E-state index contributed by atoms with van der Waals surface area (Å²) in [6.45, 7) is 5.05. The number of thioether (sulfide) groups is 1. The van der Waals surface area contributed by atoms with Crippen molar-refractivity contribution in [2.24, 2.45) is 0 Å². The van der Waals surface area contributed by atoms with Gasteiger partial charge in [-0.2, -0.15) is 21.5 Å². The van der Waals surface area contributed by atoms with Crippen LogP contribution in [0.15, 0.2) is 59.4 Å². The molecular formula is C23H23FN4O2S. The Morgan fingerprint density at radius 2 is 1.84 bits per heavy atom. The summed E-state index contributed by atoms with van der Waals surface area (Å²) in [6.07, 6.45) is 0. The van der Waals surface area contributed by atoms with Gasteiger partial charge in [-0.15, -0.1) is 0 Å². The van der Waals surface area contributed by atoms with E-state index in [9.17, 15) is 14.0 Å². The summed E-state index contributed by atoms with van der Waals surface area (Å²) < 4.78 is 14.3. The van der Waals surface area contributed by atoms with Gasteiger partial charge in [0, 0.05) is 42.9 Å². The first-order valence-corrected chi connectivity index (χ1v) is 11.2. The summed E-state index contributed by atoms with van der Waals surface area (Å²) in [6, 6.07) is 14.0. The van der Waals surface area contributed by atoms with Crippen molar-refractivity contribution < 1.29 is 9.18 Å². The third-order valence-electron chi connectivity index (χ3n) is 5.15. The lowest BCUT2D eigenvalue weighted by Crippen LogP contribution is -2.31. The van der Waals surface area contributed by atoms with Crippen molar-refractivity contribution in [1.29, 1.82) is 0 Å². The number of hydrogen-bond acceptors (Lipinski definition) is 5. The van der Waals surface area contributed by atoms with Gasteiger partial charge < -0.3 is 5.32 Å². The Kier molecular flexibility index (Phi) is 6.48. The predicted octanol–water partition coefficient (Wildman–Crippen LogP) is 3.48. The lowest BCUT2D eigenvalue weighted by molar-refractivity contribution is 0.102. The molecule has 160 valence electrons. The molecule has 0 atom stereocenters. The normalized spacial score (nSPS) is 14.4. The zero-order valence-corrected chi connectivity index (χ0v) is 18.0. The van der Waals surface area contributed by atoms with Crippen LogP contribution < -0.4 is 10.9 Å². The maximum atomic E-state index is 13.2. The molecule has 8 heteroatoms. The highest BCUT2D eigenvalue weighted by atomic mass is 32.2. The number of hydrogen-bond donors (Lipinski definition) is 1. The molecule has 0 spiro atoms. The van der Waals surface area contributed by atoms with E-state index < -0.39 is 17.3 Å². The number of aryl methyl sites for hydroxylation is 1. The van der Waals surface area contributed by atoms with Gasteiger partial charge in [0.2, 0.25) is 0 Å². The quantitative estimate of drug-likeness (QED) is 0.661. The first-order valence-electron chi connectivity index (χ1n) is 10.1. The number of benzene rings is 2. The molecule has 3 aromatic rings. The Hall–Kier alpha value is -2.97. The first-order chi connectivity index (χ1) is 15.0. The molecule has 1 aliphatic heterocycles. The third-order valence-corrected chi connectivity index (χ3v) is 6.10. The van der Waals surface area contributed by atoms with Gasteiger partial charge in [-0.25, -0.2) is 4.39 Å². The lowest BCUT2D eigenvalue weighted by Gasteiger charge is -2.26. The summed E-state index contributed by atoms with van der Waals surface area (Å²) >= 11 is 1.99. The number of aromatic nitrogens is 2. The topological polar surface area (TPSA) is 67.2 Å². The van der Waals surface area contributed by atoms with Gasteiger partial charge in [-0.3, -0.25) is 14.5 Å². The molecule has 1 amide bonds. The van der Waals surface area contributed by atoms with Gasteiger partial charge in [0.15, 0.2) is 0 Å². The molecule has 1 aromatic heterocycles. The molecular weight excluding hydrogens is 415 g/mol. The summed E-state index contributed by atoms with van der Waals surface area (Å²) in [5.41, 5.74) is 2.95. The smallest absolute Gasteiger partial charge is 0.276 e. The minimum Gasteiger partial charge on any atom is -0.320 e. The number of nitrogens with one attached hydrogen (secondary N) is 1. The second-order valence-electron chi connectivity index (χ2n) is 7.44. The molecule has 1 aliphatic rings. The van der Waals surface area contributed by atoms with Crippen molar-refractivity contribution in [3.05, 3.63) is 87.6 Å².